The number of hydrogen-bond donors (Lipinski definition) is 1. The number of aromatic nitrogens is 3. The molecule has 0 radical (unpaired) electrons. The molecule has 0 saturated heterocycles. The van der Waals surface area contributed by atoms with Crippen molar-refractivity contribution in [1.29, 1.82) is 0 Å². The Kier molecular flexibility index (Phi) is 2.57. The largest absolute Gasteiger partial charge is 0.309 e. The zero-order valence-corrected chi connectivity index (χ0v) is 9.71. The lowest BCUT2D eigenvalue weighted by Gasteiger charge is -2.16. The molecule has 0 unspecified atom stereocenters. The van der Waals surface area contributed by atoms with E-state index in [-0.39, 0.29) is 5.82 Å². The zero-order chi connectivity index (χ0) is 11.8. The summed E-state index contributed by atoms with van der Waals surface area (Å²) < 4.78 is 15.7. The Morgan fingerprint density at radius 3 is 3.06 bits per heavy atom. The maximum Gasteiger partial charge on any atom is 0.167 e. The van der Waals surface area contributed by atoms with E-state index in [9.17, 15) is 4.39 Å². The standard InChI is InChI=1S/C11H10ClFN4/c12-7-1-2-8(9(13)5-7)11-16-15-10-6-14-3-4-17(10)11/h1-2,5,14H,3-4,6H2. The average Bonchev–Trinajstić information content (AvgIpc) is 2.73. The van der Waals surface area contributed by atoms with Crippen LogP contribution in [0.4, 0.5) is 4.39 Å². The highest BCUT2D eigenvalue weighted by atomic mass is 35.5. The SMILES string of the molecule is Fc1cc(Cl)ccc1-c1nnc2n1CCNC2. The summed E-state index contributed by atoms with van der Waals surface area (Å²) in [5.74, 6) is 1.03. The van der Waals surface area contributed by atoms with Crippen molar-refractivity contribution in [2.24, 2.45) is 0 Å². The number of benzene rings is 1. The molecule has 0 fully saturated rings. The highest BCUT2D eigenvalue weighted by Gasteiger charge is 2.18. The normalized spacial score (nSPS) is 14.7. The second kappa shape index (κ2) is 4.09. The molecule has 2 aromatic rings. The molecule has 2 heterocycles. The summed E-state index contributed by atoms with van der Waals surface area (Å²) in [4.78, 5) is 0. The first-order valence-corrected chi connectivity index (χ1v) is 5.72. The van der Waals surface area contributed by atoms with E-state index in [4.69, 9.17) is 11.6 Å². The molecule has 6 heteroatoms. The van der Waals surface area contributed by atoms with Crippen molar-refractivity contribution in [3.63, 3.8) is 0 Å². The quantitative estimate of drug-likeness (QED) is 0.842. The van der Waals surface area contributed by atoms with Crippen molar-refractivity contribution in [3.8, 4) is 11.4 Å². The van der Waals surface area contributed by atoms with Crippen LogP contribution in [-0.4, -0.2) is 21.3 Å². The number of rotatable bonds is 1. The minimum atomic E-state index is -0.369. The molecular weight excluding hydrogens is 243 g/mol. The molecule has 0 amide bonds. The highest BCUT2D eigenvalue weighted by Crippen LogP contribution is 2.25. The Morgan fingerprint density at radius 1 is 1.35 bits per heavy atom. The molecule has 1 aliphatic heterocycles. The van der Waals surface area contributed by atoms with Crippen molar-refractivity contribution < 1.29 is 4.39 Å². The number of nitrogens with one attached hydrogen (secondary N) is 1. The molecule has 0 aliphatic carbocycles. The van der Waals surface area contributed by atoms with Crippen LogP contribution in [0.2, 0.25) is 5.02 Å². The van der Waals surface area contributed by atoms with E-state index in [1.807, 2.05) is 4.57 Å². The van der Waals surface area contributed by atoms with Crippen LogP contribution in [0, 0.1) is 5.82 Å². The summed E-state index contributed by atoms with van der Waals surface area (Å²) in [6, 6.07) is 4.58. The van der Waals surface area contributed by atoms with Crippen molar-refractivity contribution in [2.45, 2.75) is 13.1 Å². The van der Waals surface area contributed by atoms with Crippen LogP contribution in [0.1, 0.15) is 5.82 Å². The van der Waals surface area contributed by atoms with Crippen LogP contribution in [0.15, 0.2) is 18.2 Å². The van der Waals surface area contributed by atoms with Crippen LogP contribution in [-0.2, 0) is 13.1 Å². The summed E-state index contributed by atoms with van der Waals surface area (Å²) in [7, 11) is 0. The second-order valence-electron chi connectivity index (χ2n) is 3.89. The minimum Gasteiger partial charge on any atom is -0.309 e. The van der Waals surface area contributed by atoms with E-state index in [2.05, 4.69) is 15.5 Å². The number of hydrogen-bond acceptors (Lipinski definition) is 3. The Balaban J connectivity index is 2.12. The molecule has 0 saturated carbocycles. The maximum absolute atomic E-state index is 13.8. The fraction of sp³-hybridized carbons (Fsp3) is 0.273. The van der Waals surface area contributed by atoms with Gasteiger partial charge in [0.2, 0.25) is 0 Å². The first-order chi connectivity index (χ1) is 8.25. The van der Waals surface area contributed by atoms with Gasteiger partial charge in [-0.25, -0.2) is 4.39 Å². The van der Waals surface area contributed by atoms with E-state index in [1.54, 1.807) is 12.1 Å². The lowest BCUT2D eigenvalue weighted by molar-refractivity contribution is 0.507. The number of fused-ring (bicyclic) bond motifs is 1. The van der Waals surface area contributed by atoms with E-state index in [0.717, 1.165) is 18.9 Å². The summed E-state index contributed by atoms with van der Waals surface area (Å²) in [5, 5.41) is 11.7. The predicted octanol–water partition coefficient (Wildman–Crippen LogP) is 1.84. The van der Waals surface area contributed by atoms with Crippen LogP contribution < -0.4 is 5.32 Å². The summed E-state index contributed by atoms with van der Waals surface area (Å²) in [5.41, 5.74) is 0.440. The van der Waals surface area contributed by atoms with Gasteiger partial charge in [0.15, 0.2) is 5.82 Å². The molecule has 4 nitrogen and oxygen atoms in total. The predicted molar refractivity (Wildman–Crippen MR) is 62.1 cm³/mol. The molecule has 0 atom stereocenters. The van der Waals surface area contributed by atoms with E-state index in [1.165, 1.54) is 6.07 Å². The van der Waals surface area contributed by atoms with E-state index < -0.39 is 0 Å². The van der Waals surface area contributed by atoms with Crippen LogP contribution in [0.25, 0.3) is 11.4 Å². The Bertz CT molecular complexity index is 567. The van der Waals surface area contributed by atoms with Gasteiger partial charge < -0.3 is 9.88 Å². The van der Waals surface area contributed by atoms with Gasteiger partial charge in [0.25, 0.3) is 0 Å². The molecule has 88 valence electrons. The summed E-state index contributed by atoms with van der Waals surface area (Å²) >= 11 is 5.73. The van der Waals surface area contributed by atoms with Gasteiger partial charge in [-0.1, -0.05) is 11.6 Å². The Labute approximate surface area is 102 Å². The molecule has 1 aliphatic rings. The lowest BCUT2D eigenvalue weighted by Crippen LogP contribution is -2.28. The molecule has 17 heavy (non-hydrogen) atoms. The molecular formula is C11H10ClFN4. The molecule has 3 rings (SSSR count). The highest BCUT2D eigenvalue weighted by molar-refractivity contribution is 6.30. The van der Waals surface area contributed by atoms with Gasteiger partial charge in [0.1, 0.15) is 11.6 Å². The van der Waals surface area contributed by atoms with Gasteiger partial charge in [-0.3, -0.25) is 0 Å². The first-order valence-electron chi connectivity index (χ1n) is 5.34. The number of nitrogens with zero attached hydrogens (tertiary/aromatic N) is 3. The lowest BCUT2D eigenvalue weighted by atomic mass is 10.2. The minimum absolute atomic E-state index is 0.369. The van der Waals surface area contributed by atoms with Crippen molar-refractivity contribution in [1.82, 2.24) is 20.1 Å². The van der Waals surface area contributed by atoms with E-state index >= 15 is 0 Å². The van der Waals surface area contributed by atoms with Gasteiger partial charge in [-0.05, 0) is 18.2 Å². The third-order valence-electron chi connectivity index (χ3n) is 2.79. The van der Waals surface area contributed by atoms with Crippen LogP contribution in [0.5, 0.6) is 0 Å². The Hall–Kier alpha value is -1.46. The monoisotopic (exact) mass is 252 g/mol. The maximum atomic E-state index is 13.8. The molecule has 0 bridgehead atoms. The molecule has 1 N–H and O–H groups in total. The van der Waals surface area contributed by atoms with Crippen LogP contribution >= 0.6 is 11.6 Å². The Morgan fingerprint density at radius 2 is 2.24 bits per heavy atom. The van der Waals surface area contributed by atoms with Crippen LogP contribution in [0.3, 0.4) is 0 Å². The third-order valence-corrected chi connectivity index (χ3v) is 3.03. The summed E-state index contributed by atoms with van der Waals surface area (Å²) in [6.07, 6.45) is 0. The van der Waals surface area contributed by atoms with Gasteiger partial charge in [0.05, 0.1) is 12.1 Å². The smallest absolute Gasteiger partial charge is 0.167 e. The van der Waals surface area contributed by atoms with Crippen molar-refractivity contribution in [2.75, 3.05) is 6.54 Å². The van der Waals surface area contributed by atoms with Gasteiger partial charge in [0, 0.05) is 18.1 Å². The topological polar surface area (TPSA) is 42.7 Å². The fourth-order valence-electron chi connectivity index (χ4n) is 1.96. The van der Waals surface area contributed by atoms with E-state index in [0.29, 0.717) is 23.0 Å². The molecule has 1 aromatic carbocycles. The van der Waals surface area contributed by atoms with Crippen molar-refractivity contribution in [3.05, 3.63) is 34.9 Å². The average molecular weight is 253 g/mol. The molecule has 1 aromatic heterocycles. The third kappa shape index (κ3) is 1.81. The van der Waals surface area contributed by atoms with Crippen molar-refractivity contribution >= 4 is 11.6 Å². The number of halogens is 2. The second-order valence-corrected chi connectivity index (χ2v) is 4.33. The zero-order valence-electron chi connectivity index (χ0n) is 8.95. The van der Waals surface area contributed by atoms with Gasteiger partial charge >= 0.3 is 0 Å². The molecule has 0 spiro atoms. The fourth-order valence-corrected chi connectivity index (χ4v) is 2.12. The van der Waals surface area contributed by atoms with Gasteiger partial charge in [-0.15, -0.1) is 10.2 Å². The first kappa shape index (κ1) is 10.7. The summed E-state index contributed by atoms with van der Waals surface area (Å²) in [6.45, 7) is 2.26. The van der Waals surface area contributed by atoms with Gasteiger partial charge in [-0.2, -0.15) is 0 Å².